The number of anilines is 1. The van der Waals surface area contributed by atoms with Gasteiger partial charge in [0.25, 0.3) is 6.01 Å². The minimum Gasteiger partial charge on any atom is -0.497 e. The summed E-state index contributed by atoms with van der Waals surface area (Å²) in [6.45, 7) is 3.33. The topological polar surface area (TPSA) is 78.0 Å². The summed E-state index contributed by atoms with van der Waals surface area (Å²) in [5, 5.41) is 11.1. The predicted octanol–water partition coefficient (Wildman–Crippen LogP) is 2.06. The summed E-state index contributed by atoms with van der Waals surface area (Å²) in [7, 11) is 1.62. The average Bonchev–Trinajstić information content (AvgIpc) is 3.10. The molecule has 7 heteroatoms. The van der Waals surface area contributed by atoms with Crippen molar-refractivity contribution >= 4 is 17.1 Å². The predicted molar refractivity (Wildman–Crippen MR) is 73.6 cm³/mol. The smallest absolute Gasteiger partial charge is 0.296 e. The molecule has 104 valence electrons. The quantitative estimate of drug-likeness (QED) is 0.766. The van der Waals surface area contributed by atoms with E-state index in [1.807, 2.05) is 31.3 Å². The number of rotatable bonds is 5. The fourth-order valence-electron chi connectivity index (χ4n) is 1.85. The molecule has 0 spiro atoms. The van der Waals surface area contributed by atoms with Gasteiger partial charge in [-0.25, -0.2) is 0 Å². The standard InChI is InChI=1S/C13H15N5O2/c1-3-18-8-9(16-17-18)7-14-13-15-11-6-10(19-2)4-5-12(11)20-13/h4-6,8H,3,7H2,1-2H3,(H,14,15). The highest BCUT2D eigenvalue weighted by atomic mass is 16.5. The summed E-state index contributed by atoms with van der Waals surface area (Å²) >= 11 is 0. The van der Waals surface area contributed by atoms with Crippen LogP contribution in [0.25, 0.3) is 11.1 Å². The lowest BCUT2D eigenvalue weighted by Gasteiger charge is -1.96. The maximum Gasteiger partial charge on any atom is 0.296 e. The number of fused-ring (bicyclic) bond motifs is 1. The molecule has 0 radical (unpaired) electrons. The Hall–Kier alpha value is -2.57. The van der Waals surface area contributed by atoms with Crippen molar-refractivity contribution in [1.29, 1.82) is 0 Å². The molecule has 0 unspecified atom stereocenters. The number of aryl methyl sites for hydroxylation is 1. The summed E-state index contributed by atoms with van der Waals surface area (Å²) in [4.78, 5) is 4.35. The van der Waals surface area contributed by atoms with Crippen LogP contribution in [-0.2, 0) is 13.1 Å². The highest BCUT2D eigenvalue weighted by Gasteiger charge is 2.07. The van der Waals surface area contributed by atoms with Crippen LogP contribution in [0.3, 0.4) is 0 Å². The molecule has 2 heterocycles. The second-order valence-corrected chi connectivity index (χ2v) is 4.27. The third-order valence-corrected chi connectivity index (χ3v) is 2.93. The van der Waals surface area contributed by atoms with Gasteiger partial charge in [-0.05, 0) is 19.1 Å². The molecule has 1 N–H and O–H groups in total. The third kappa shape index (κ3) is 2.42. The summed E-state index contributed by atoms with van der Waals surface area (Å²) in [5.74, 6) is 0.753. The van der Waals surface area contributed by atoms with E-state index in [4.69, 9.17) is 9.15 Å². The van der Waals surface area contributed by atoms with Crippen LogP contribution in [0.4, 0.5) is 6.01 Å². The van der Waals surface area contributed by atoms with E-state index in [1.165, 1.54) is 0 Å². The lowest BCUT2D eigenvalue weighted by Crippen LogP contribution is -1.99. The Morgan fingerprint density at radius 3 is 3.05 bits per heavy atom. The third-order valence-electron chi connectivity index (χ3n) is 2.93. The van der Waals surface area contributed by atoms with Gasteiger partial charge in [0.2, 0.25) is 0 Å². The molecule has 2 aromatic heterocycles. The summed E-state index contributed by atoms with van der Waals surface area (Å²) in [6, 6.07) is 5.96. The minimum absolute atomic E-state index is 0.458. The van der Waals surface area contributed by atoms with Gasteiger partial charge in [-0.2, -0.15) is 4.98 Å². The van der Waals surface area contributed by atoms with Crippen LogP contribution < -0.4 is 10.1 Å². The number of methoxy groups -OCH3 is 1. The largest absolute Gasteiger partial charge is 0.497 e. The number of hydrogen-bond acceptors (Lipinski definition) is 6. The van der Waals surface area contributed by atoms with Crippen LogP contribution in [-0.4, -0.2) is 27.1 Å². The summed E-state index contributed by atoms with van der Waals surface area (Å²) in [6.07, 6.45) is 1.89. The molecule has 0 aliphatic rings. The van der Waals surface area contributed by atoms with Crippen LogP contribution in [0.1, 0.15) is 12.6 Å². The number of nitrogens with zero attached hydrogens (tertiary/aromatic N) is 4. The molecule has 0 amide bonds. The number of nitrogens with one attached hydrogen (secondary N) is 1. The molecule has 0 atom stereocenters. The number of benzene rings is 1. The van der Waals surface area contributed by atoms with Crippen molar-refractivity contribution in [2.45, 2.75) is 20.0 Å². The maximum absolute atomic E-state index is 5.59. The van der Waals surface area contributed by atoms with E-state index in [0.717, 1.165) is 23.5 Å². The molecule has 7 nitrogen and oxygen atoms in total. The molecular weight excluding hydrogens is 258 g/mol. The summed E-state index contributed by atoms with van der Waals surface area (Å²) in [5.41, 5.74) is 2.31. The molecule has 0 aliphatic carbocycles. The zero-order chi connectivity index (χ0) is 13.9. The Morgan fingerprint density at radius 2 is 2.30 bits per heavy atom. The monoisotopic (exact) mass is 273 g/mol. The zero-order valence-electron chi connectivity index (χ0n) is 11.3. The first-order chi connectivity index (χ1) is 9.78. The first kappa shape index (κ1) is 12.5. The van der Waals surface area contributed by atoms with Gasteiger partial charge in [-0.3, -0.25) is 4.68 Å². The van der Waals surface area contributed by atoms with Crippen LogP contribution in [0.5, 0.6) is 5.75 Å². The van der Waals surface area contributed by atoms with E-state index in [-0.39, 0.29) is 0 Å². The highest BCUT2D eigenvalue weighted by molar-refractivity contribution is 5.76. The molecule has 0 bridgehead atoms. The van der Waals surface area contributed by atoms with Gasteiger partial charge in [0.05, 0.1) is 19.9 Å². The molecule has 1 aromatic carbocycles. The SMILES string of the molecule is CCn1cc(CNc2nc3cc(OC)ccc3o2)nn1. The van der Waals surface area contributed by atoms with Crippen molar-refractivity contribution in [1.82, 2.24) is 20.0 Å². The molecule has 0 fully saturated rings. The van der Waals surface area contributed by atoms with Crippen LogP contribution in [0.15, 0.2) is 28.8 Å². The first-order valence-electron chi connectivity index (χ1n) is 6.36. The van der Waals surface area contributed by atoms with Crippen molar-refractivity contribution in [3.63, 3.8) is 0 Å². The maximum atomic E-state index is 5.59. The summed E-state index contributed by atoms with van der Waals surface area (Å²) < 4.78 is 12.5. The van der Waals surface area contributed by atoms with E-state index in [9.17, 15) is 0 Å². The fraction of sp³-hybridized carbons (Fsp3) is 0.308. The molecule has 3 rings (SSSR count). The Labute approximate surface area is 115 Å². The van der Waals surface area contributed by atoms with Crippen molar-refractivity contribution in [2.75, 3.05) is 12.4 Å². The molecule has 0 aliphatic heterocycles. The van der Waals surface area contributed by atoms with Crippen molar-refractivity contribution in [3.05, 3.63) is 30.1 Å². The number of oxazole rings is 1. The van der Waals surface area contributed by atoms with E-state index >= 15 is 0 Å². The average molecular weight is 273 g/mol. The minimum atomic E-state index is 0.458. The zero-order valence-corrected chi connectivity index (χ0v) is 11.3. The molecule has 0 saturated carbocycles. The number of ether oxygens (including phenoxy) is 1. The van der Waals surface area contributed by atoms with Gasteiger partial charge >= 0.3 is 0 Å². The van der Waals surface area contributed by atoms with Crippen LogP contribution >= 0.6 is 0 Å². The highest BCUT2D eigenvalue weighted by Crippen LogP contribution is 2.23. The molecule has 0 saturated heterocycles. The van der Waals surface area contributed by atoms with Gasteiger partial charge in [0.1, 0.15) is 17.0 Å². The molecule has 20 heavy (non-hydrogen) atoms. The second kappa shape index (κ2) is 5.20. The van der Waals surface area contributed by atoms with E-state index < -0.39 is 0 Å². The lowest BCUT2D eigenvalue weighted by molar-refractivity contribution is 0.415. The fourth-order valence-corrected chi connectivity index (χ4v) is 1.85. The number of aromatic nitrogens is 4. The van der Waals surface area contributed by atoms with Crippen molar-refractivity contribution < 1.29 is 9.15 Å². The Morgan fingerprint density at radius 1 is 1.40 bits per heavy atom. The Bertz CT molecular complexity index is 718. The van der Waals surface area contributed by atoms with Crippen molar-refractivity contribution in [3.8, 4) is 5.75 Å². The van der Waals surface area contributed by atoms with E-state index in [0.29, 0.717) is 18.1 Å². The van der Waals surface area contributed by atoms with Gasteiger partial charge in [-0.1, -0.05) is 5.21 Å². The Balaban J connectivity index is 1.73. The molecule has 3 aromatic rings. The van der Waals surface area contributed by atoms with Crippen LogP contribution in [0.2, 0.25) is 0 Å². The van der Waals surface area contributed by atoms with Gasteiger partial charge in [0.15, 0.2) is 5.58 Å². The number of hydrogen-bond donors (Lipinski definition) is 1. The van der Waals surface area contributed by atoms with Gasteiger partial charge < -0.3 is 14.5 Å². The van der Waals surface area contributed by atoms with Crippen LogP contribution in [0, 0.1) is 0 Å². The van der Waals surface area contributed by atoms with E-state index in [2.05, 4.69) is 20.6 Å². The van der Waals surface area contributed by atoms with Crippen molar-refractivity contribution in [2.24, 2.45) is 0 Å². The van der Waals surface area contributed by atoms with Gasteiger partial charge in [0, 0.05) is 12.6 Å². The second-order valence-electron chi connectivity index (χ2n) is 4.27. The lowest BCUT2D eigenvalue weighted by atomic mass is 10.3. The normalized spacial score (nSPS) is 10.9. The van der Waals surface area contributed by atoms with Gasteiger partial charge in [-0.15, -0.1) is 5.10 Å². The molecular formula is C13H15N5O2. The first-order valence-corrected chi connectivity index (χ1v) is 6.36. The van der Waals surface area contributed by atoms with E-state index in [1.54, 1.807) is 11.8 Å². The Kier molecular flexibility index (Phi) is 3.24.